The standard InChI is InChI=1S/C16H21BrO/c1-10-6-11(2)8-14(7-10)16(18)13-5-4-12(3)15(17)9-13/h4-5,9-11,14H,6-8H2,1-3H3. The van der Waals surface area contributed by atoms with E-state index in [2.05, 4.69) is 29.8 Å². The molecule has 1 nitrogen and oxygen atoms in total. The number of hydrogen-bond acceptors (Lipinski definition) is 1. The first kappa shape index (κ1) is 13.8. The second-order valence-corrected chi connectivity index (χ2v) is 6.80. The molecule has 0 bridgehead atoms. The minimum atomic E-state index is 0.221. The van der Waals surface area contributed by atoms with E-state index < -0.39 is 0 Å². The van der Waals surface area contributed by atoms with Crippen molar-refractivity contribution in [2.45, 2.75) is 40.0 Å². The highest BCUT2D eigenvalue weighted by Crippen LogP contribution is 2.35. The highest BCUT2D eigenvalue weighted by atomic mass is 79.9. The fraction of sp³-hybridized carbons (Fsp3) is 0.562. The molecule has 0 saturated heterocycles. The van der Waals surface area contributed by atoms with Gasteiger partial charge in [0.1, 0.15) is 0 Å². The second-order valence-electron chi connectivity index (χ2n) is 5.94. The Bertz CT molecular complexity index is 442. The van der Waals surface area contributed by atoms with Crippen LogP contribution in [0.4, 0.5) is 0 Å². The van der Waals surface area contributed by atoms with E-state index in [1.165, 1.54) is 12.0 Å². The summed E-state index contributed by atoms with van der Waals surface area (Å²) >= 11 is 3.51. The lowest BCUT2D eigenvalue weighted by Gasteiger charge is -2.30. The fourth-order valence-electron chi connectivity index (χ4n) is 3.14. The van der Waals surface area contributed by atoms with Crippen molar-refractivity contribution in [1.82, 2.24) is 0 Å². The molecule has 0 N–H and O–H groups in total. The number of halogens is 1. The zero-order valence-electron chi connectivity index (χ0n) is 11.4. The Morgan fingerprint density at radius 3 is 2.33 bits per heavy atom. The maximum Gasteiger partial charge on any atom is 0.166 e. The van der Waals surface area contributed by atoms with Gasteiger partial charge in [-0.05, 0) is 49.7 Å². The number of Topliss-reactive ketones (excluding diaryl/α,β-unsaturated/α-hetero) is 1. The number of carbonyl (C=O) groups is 1. The van der Waals surface area contributed by atoms with Crippen LogP contribution in [0, 0.1) is 24.7 Å². The molecule has 0 radical (unpaired) electrons. The van der Waals surface area contributed by atoms with Crippen molar-refractivity contribution in [3.05, 3.63) is 33.8 Å². The quantitative estimate of drug-likeness (QED) is 0.702. The first-order chi connectivity index (χ1) is 8.47. The van der Waals surface area contributed by atoms with Gasteiger partial charge in [-0.25, -0.2) is 0 Å². The van der Waals surface area contributed by atoms with Crippen molar-refractivity contribution in [1.29, 1.82) is 0 Å². The summed E-state index contributed by atoms with van der Waals surface area (Å²) in [5, 5.41) is 0. The van der Waals surface area contributed by atoms with Crippen molar-refractivity contribution in [2.24, 2.45) is 17.8 Å². The Morgan fingerprint density at radius 2 is 1.78 bits per heavy atom. The molecule has 0 heterocycles. The first-order valence-corrected chi connectivity index (χ1v) is 7.57. The molecular formula is C16H21BrO. The molecule has 1 aliphatic carbocycles. The summed E-state index contributed by atoms with van der Waals surface area (Å²) in [7, 11) is 0. The van der Waals surface area contributed by atoms with Gasteiger partial charge < -0.3 is 0 Å². The van der Waals surface area contributed by atoms with Crippen molar-refractivity contribution in [3.8, 4) is 0 Å². The van der Waals surface area contributed by atoms with E-state index >= 15 is 0 Å². The maximum absolute atomic E-state index is 12.5. The Morgan fingerprint density at radius 1 is 1.17 bits per heavy atom. The summed E-state index contributed by atoms with van der Waals surface area (Å²) < 4.78 is 1.03. The molecule has 1 fully saturated rings. The number of aryl methyl sites for hydroxylation is 1. The zero-order chi connectivity index (χ0) is 13.3. The molecule has 1 saturated carbocycles. The van der Waals surface area contributed by atoms with Crippen LogP contribution in [0.2, 0.25) is 0 Å². The molecule has 2 rings (SSSR count). The molecule has 1 aromatic carbocycles. The topological polar surface area (TPSA) is 17.1 Å². The van der Waals surface area contributed by atoms with Gasteiger partial charge in [0.15, 0.2) is 5.78 Å². The third-order valence-electron chi connectivity index (χ3n) is 4.01. The van der Waals surface area contributed by atoms with Gasteiger partial charge in [-0.15, -0.1) is 0 Å². The molecule has 0 aliphatic heterocycles. The Hall–Kier alpha value is -0.630. The van der Waals surface area contributed by atoms with E-state index in [4.69, 9.17) is 0 Å². The largest absolute Gasteiger partial charge is 0.294 e. The smallest absolute Gasteiger partial charge is 0.166 e. The first-order valence-electron chi connectivity index (χ1n) is 6.77. The van der Waals surface area contributed by atoms with Gasteiger partial charge in [-0.1, -0.05) is 41.9 Å². The van der Waals surface area contributed by atoms with Crippen molar-refractivity contribution >= 4 is 21.7 Å². The van der Waals surface area contributed by atoms with Gasteiger partial charge in [-0.2, -0.15) is 0 Å². The van der Waals surface area contributed by atoms with E-state index in [0.717, 1.165) is 22.9 Å². The van der Waals surface area contributed by atoms with E-state index in [9.17, 15) is 4.79 Å². The van der Waals surface area contributed by atoms with Crippen LogP contribution < -0.4 is 0 Å². The van der Waals surface area contributed by atoms with Crippen LogP contribution in [-0.2, 0) is 0 Å². The Kier molecular flexibility index (Phi) is 4.26. The summed E-state index contributed by atoms with van der Waals surface area (Å²) in [6.45, 7) is 6.57. The Balaban J connectivity index is 2.17. The van der Waals surface area contributed by atoms with Gasteiger partial charge in [0.05, 0.1) is 0 Å². The molecule has 1 aromatic rings. The highest BCUT2D eigenvalue weighted by Gasteiger charge is 2.29. The Labute approximate surface area is 118 Å². The van der Waals surface area contributed by atoms with Crippen LogP contribution in [0.5, 0.6) is 0 Å². The van der Waals surface area contributed by atoms with Crippen molar-refractivity contribution in [3.63, 3.8) is 0 Å². The molecule has 0 aromatic heterocycles. The van der Waals surface area contributed by atoms with Gasteiger partial charge in [0.2, 0.25) is 0 Å². The van der Waals surface area contributed by atoms with E-state index in [1.807, 2.05) is 25.1 Å². The van der Waals surface area contributed by atoms with Gasteiger partial charge in [0.25, 0.3) is 0 Å². The van der Waals surface area contributed by atoms with Crippen LogP contribution in [0.15, 0.2) is 22.7 Å². The average molecular weight is 309 g/mol. The van der Waals surface area contributed by atoms with Crippen LogP contribution in [-0.4, -0.2) is 5.78 Å². The van der Waals surface area contributed by atoms with Crippen LogP contribution in [0.1, 0.15) is 49.0 Å². The number of benzene rings is 1. The minimum Gasteiger partial charge on any atom is -0.294 e. The zero-order valence-corrected chi connectivity index (χ0v) is 13.0. The van der Waals surface area contributed by atoms with Crippen LogP contribution >= 0.6 is 15.9 Å². The van der Waals surface area contributed by atoms with Gasteiger partial charge in [0, 0.05) is 16.0 Å². The monoisotopic (exact) mass is 308 g/mol. The lowest BCUT2D eigenvalue weighted by molar-refractivity contribution is 0.0836. The summed E-state index contributed by atoms with van der Waals surface area (Å²) in [4.78, 5) is 12.5. The molecular weight excluding hydrogens is 288 g/mol. The van der Waals surface area contributed by atoms with Crippen molar-refractivity contribution in [2.75, 3.05) is 0 Å². The number of rotatable bonds is 2. The average Bonchev–Trinajstić information content (AvgIpc) is 2.30. The fourth-order valence-corrected chi connectivity index (χ4v) is 3.52. The van der Waals surface area contributed by atoms with E-state index in [0.29, 0.717) is 17.6 Å². The predicted octanol–water partition coefficient (Wildman–Crippen LogP) is 5.01. The summed E-state index contributed by atoms with van der Waals surface area (Å²) in [5.41, 5.74) is 2.04. The summed E-state index contributed by atoms with van der Waals surface area (Å²) in [6.07, 6.45) is 3.37. The molecule has 2 atom stereocenters. The normalized spacial score (nSPS) is 28.1. The van der Waals surface area contributed by atoms with Crippen molar-refractivity contribution < 1.29 is 4.79 Å². The lowest BCUT2D eigenvalue weighted by Crippen LogP contribution is -2.26. The molecule has 18 heavy (non-hydrogen) atoms. The molecule has 2 heteroatoms. The number of ketones is 1. The SMILES string of the molecule is Cc1ccc(C(=O)C2CC(C)CC(C)C2)cc1Br. The number of hydrogen-bond donors (Lipinski definition) is 0. The third kappa shape index (κ3) is 3.03. The predicted molar refractivity (Wildman–Crippen MR) is 78.9 cm³/mol. The van der Waals surface area contributed by atoms with E-state index in [-0.39, 0.29) is 5.92 Å². The van der Waals surface area contributed by atoms with Gasteiger partial charge >= 0.3 is 0 Å². The lowest BCUT2D eigenvalue weighted by atomic mass is 9.74. The van der Waals surface area contributed by atoms with Crippen LogP contribution in [0.3, 0.4) is 0 Å². The number of carbonyl (C=O) groups excluding carboxylic acids is 1. The van der Waals surface area contributed by atoms with E-state index in [1.54, 1.807) is 0 Å². The molecule has 98 valence electrons. The molecule has 1 aliphatic rings. The third-order valence-corrected chi connectivity index (χ3v) is 4.86. The summed E-state index contributed by atoms with van der Waals surface area (Å²) in [5.74, 6) is 1.90. The maximum atomic E-state index is 12.5. The highest BCUT2D eigenvalue weighted by molar-refractivity contribution is 9.10. The van der Waals surface area contributed by atoms with Crippen LogP contribution in [0.25, 0.3) is 0 Å². The molecule has 0 spiro atoms. The molecule has 2 unspecified atom stereocenters. The minimum absolute atomic E-state index is 0.221. The molecule has 0 amide bonds. The second kappa shape index (κ2) is 5.56. The van der Waals surface area contributed by atoms with Gasteiger partial charge in [-0.3, -0.25) is 4.79 Å². The summed E-state index contributed by atoms with van der Waals surface area (Å²) in [6, 6.07) is 5.96.